The smallest absolute Gasteiger partial charge is 0.150 e. The molecule has 110 valence electrons. The van der Waals surface area contributed by atoms with Crippen LogP contribution in [0.1, 0.15) is 18.2 Å². The van der Waals surface area contributed by atoms with E-state index >= 15 is 0 Å². The van der Waals surface area contributed by atoms with Crippen LogP contribution in [0.15, 0.2) is 30.3 Å². The first-order valence-corrected chi connectivity index (χ1v) is 8.12. The zero-order valence-corrected chi connectivity index (χ0v) is 13.3. The lowest BCUT2D eigenvalue weighted by Gasteiger charge is -2.01. The van der Waals surface area contributed by atoms with Crippen LogP contribution < -0.4 is 5.73 Å². The summed E-state index contributed by atoms with van der Waals surface area (Å²) < 4.78 is 0. The zero-order valence-electron chi connectivity index (χ0n) is 12.5. The third kappa shape index (κ3) is 1.89. The number of hydrogen-bond acceptors (Lipinski definition) is 4. The Kier molecular flexibility index (Phi) is 2.90. The van der Waals surface area contributed by atoms with E-state index < -0.39 is 0 Å². The van der Waals surface area contributed by atoms with E-state index in [4.69, 9.17) is 10.7 Å². The van der Waals surface area contributed by atoms with Gasteiger partial charge in [0.2, 0.25) is 0 Å². The van der Waals surface area contributed by atoms with Gasteiger partial charge in [0.15, 0.2) is 5.82 Å². The van der Waals surface area contributed by atoms with Crippen LogP contribution in [0.4, 0.5) is 5.69 Å². The highest BCUT2D eigenvalue weighted by molar-refractivity contribution is 7.22. The molecular formula is C17H16N4S. The van der Waals surface area contributed by atoms with Crippen molar-refractivity contribution < 1.29 is 0 Å². The van der Waals surface area contributed by atoms with Gasteiger partial charge in [0.25, 0.3) is 0 Å². The predicted molar refractivity (Wildman–Crippen MR) is 93.2 cm³/mol. The van der Waals surface area contributed by atoms with E-state index in [-0.39, 0.29) is 0 Å². The number of benzene rings is 1. The Morgan fingerprint density at radius 3 is 2.82 bits per heavy atom. The standard InChI is InChI=1S/C17H16N4S/c1-3-11-9(2)8-10-14(18)15(22-17(10)21-11)16-19-12-6-4-5-7-13(12)20-16/h4-8H,3,18H2,1-2H3,(H,19,20). The number of aryl methyl sites for hydroxylation is 2. The average Bonchev–Trinajstić information content (AvgIpc) is 3.08. The highest BCUT2D eigenvalue weighted by atomic mass is 32.1. The van der Waals surface area contributed by atoms with Crippen LogP contribution in [0.25, 0.3) is 32.0 Å². The molecule has 0 fully saturated rings. The molecule has 3 heterocycles. The van der Waals surface area contributed by atoms with Gasteiger partial charge in [-0.05, 0) is 37.1 Å². The van der Waals surface area contributed by atoms with Crippen molar-refractivity contribution in [1.29, 1.82) is 0 Å². The van der Waals surface area contributed by atoms with Gasteiger partial charge in [-0.2, -0.15) is 0 Å². The molecule has 0 atom stereocenters. The van der Waals surface area contributed by atoms with Crippen molar-refractivity contribution in [1.82, 2.24) is 15.0 Å². The lowest BCUT2D eigenvalue weighted by Crippen LogP contribution is -1.92. The van der Waals surface area contributed by atoms with Gasteiger partial charge in [0.1, 0.15) is 4.83 Å². The van der Waals surface area contributed by atoms with Crippen molar-refractivity contribution in [3.63, 3.8) is 0 Å². The summed E-state index contributed by atoms with van der Waals surface area (Å²) in [6, 6.07) is 10.1. The molecule has 4 nitrogen and oxygen atoms in total. The second kappa shape index (κ2) is 4.81. The molecule has 5 heteroatoms. The van der Waals surface area contributed by atoms with Crippen LogP contribution in [0.2, 0.25) is 0 Å². The maximum absolute atomic E-state index is 6.36. The lowest BCUT2D eigenvalue weighted by molar-refractivity contribution is 1.03. The van der Waals surface area contributed by atoms with Gasteiger partial charge in [0, 0.05) is 11.1 Å². The van der Waals surface area contributed by atoms with Gasteiger partial charge in [-0.25, -0.2) is 9.97 Å². The van der Waals surface area contributed by atoms with Crippen molar-refractivity contribution in [2.45, 2.75) is 20.3 Å². The normalized spacial score (nSPS) is 11.5. The van der Waals surface area contributed by atoms with Crippen LogP contribution >= 0.6 is 11.3 Å². The molecule has 0 amide bonds. The molecule has 0 spiro atoms. The van der Waals surface area contributed by atoms with E-state index in [9.17, 15) is 0 Å². The Morgan fingerprint density at radius 1 is 1.23 bits per heavy atom. The summed E-state index contributed by atoms with van der Waals surface area (Å²) in [6.07, 6.45) is 0.930. The zero-order chi connectivity index (χ0) is 15.3. The van der Waals surface area contributed by atoms with Crippen molar-refractivity contribution in [3.8, 4) is 10.7 Å². The molecule has 3 aromatic heterocycles. The first kappa shape index (κ1) is 13.3. The molecular weight excluding hydrogens is 292 g/mol. The quantitative estimate of drug-likeness (QED) is 0.580. The number of nitrogens with two attached hydrogens (primary N) is 1. The summed E-state index contributed by atoms with van der Waals surface area (Å²) in [6.45, 7) is 4.21. The third-order valence-corrected chi connectivity index (χ3v) is 5.08. The number of rotatable bonds is 2. The Balaban J connectivity index is 1.96. The number of thiophene rings is 1. The Morgan fingerprint density at radius 2 is 2.05 bits per heavy atom. The minimum atomic E-state index is 0.761. The summed E-state index contributed by atoms with van der Waals surface area (Å²) in [7, 11) is 0. The number of aromatic nitrogens is 3. The number of aromatic amines is 1. The summed E-state index contributed by atoms with van der Waals surface area (Å²) in [5, 5.41) is 1.02. The molecule has 0 aliphatic heterocycles. The maximum Gasteiger partial charge on any atom is 0.150 e. The number of fused-ring (bicyclic) bond motifs is 2. The SMILES string of the molecule is CCc1nc2sc(-c3nc4ccccc4[nH]3)c(N)c2cc1C. The van der Waals surface area contributed by atoms with Crippen molar-refractivity contribution in [2.75, 3.05) is 5.73 Å². The van der Waals surface area contributed by atoms with E-state index in [2.05, 4.69) is 29.9 Å². The van der Waals surface area contributed by atoms with Crippen molar-refractivity contribution >= 4 is 38.3 Å². The molecule has 0 unspecified atom stereocenters. The fraction of sp³-hybridized carbons (Fsp3) is 0.176. The number of H-pyrrole nitrogens is 1. The number of nitrogen functional groups attached to an aromatic ring is 1. The summed E-state index contributed by atoms with van der Waals surface area (Å²) in [5.41, 5.74) is 11.4. The largest absolute Gasteiger partial charge is 0.397 e. The van der Waals surface area contributed by atoms with Gasteiger partial charge < -0.3 is 10.7 Å². The molecule has 4 aromatic rings. The first-order valence-electron chi connectivity index (χ1n) is 7.31. The number of nitrogens with one attached hydrogen (secondary N) is 1. The van der Waals surface area contributed by atoms with Crippen molar-refractivity contribution in [3.05, 3.63) is 41.6 Å². The van der Waals surface area contributed by atoms with E-state index in [0.717, 1.165) is 49.8 Å². The Bertz CT molecular complexity index is 964. The number of imidazole rings is 1. The first-order chi connectivity index (χ1) is 10.7. The second-order valence-electron chi connectivity index (χ2n) is 5.41. The highest BCUT2D eigenvalue weighted by Crippen LogP contribution is 2.39. The second-order valence-corrected chi connectivity index (χ2v) is 6.40. The number of hydrogen-bond donors (Lipinski definition) is 2. The van der Waals surface area contributed by atoms with Crippen LogP contribution in [-0.4, -0.2) is 15.0 Å². The number of anilines is 1. The van der Waals surface area contributed by atoms with Gasteiger partial charge in [-0.3, -0.25) is 0 Å². The molecule has 4 rings (SSSR count). The van der Waals surface area contributed by atoms with Gasteiger partial charge in [0.05, 0.1) is 21.6 Å². The number of para-hydroxylation sites is 2. The van der Waals surface area contributed by atoms with E-state index in [1.165, 1.54) is 5.56 Å². The van der Waals surface area contributed by atoms with E-state index in [1.807, 2.05) is 24.3 Å². The van der Waals surface area contributed by atoms with Gasteiger partial charge >= 0.3 is 0 Å². The fourth-order valence-electron chi connectivity index (χ4n) is 2.77. The molecule has 1 aromatic carbocycles. The van der Waals surface area contributed by atoms with Crippen molar-refractivity contribution in [2.24, 2.45) is 0 Å². The van der Waals surface area contributed by atoms with E-state index in [1.54, 1.807) is 11.3 Å². The van der Waals surface area contributed by atoms with Crippen LogP contribution in [0, 0.1) is 6.92 Å². The molecule has 0 saturated heterocycles. The fourth-order valence-corrected chi connectivity index (χ4v) is 3.81. The van der Waals surface area contributed by atoms with Gasteiger partial charge in [-0.1, -0.05) is 19.1 Å². The Hall–Kier alpha value is -2.40. The molecule has 0 aliphatic rings. The topological polar surface area (TPSA) is 67.6 Å². The monoisotopic (exact) mass is 308 g/mol. The van der Waals surface area contributed by atoms with Crippen LogP contribution in [0.3, 0.4) is 0 Å². The highest BCUT2D eigenvalue weighted by Gasteiger charge is 2.16. The molecule has 3 N–H and O–H groups in total. The number of pyridine rings is 1. The molecule has 0 radical (unpaired) electrons. The summed E-state index contributed by atoms with van der Waals surface area (Å²) in [5.74, 6) is 0.817. The Labute approximate surface area is 132 Å². The van der Waals surface area contributed by atoms with Crippen LogP contribution in [0.5, 0.6) is 0 Å². The van der Waals surface area contributed by atoms with Gasteiger partial charge in [-0.15, -0.1) is 11.3 Å². The summed E-state index contributed by atoms with van der Waals surface area (Å²) in [4.78, 5) is 14.7. The average molecular weight is 308 g/mol. The van der Waals surface area contributed by atoms with Crippen LogP contribution in [-0.2, 0) is 6.42 Å². The molecule has 0 bridgehead atoms. The minimum absolute atomic E-state index is 0.761. The van der Waals surface area contributed by atoms with E-state index in [0.29, 0.717) is 0 Å². The maximum atomic E-state index is 6.36. The minimum Gasteiger partial charge on any atom is -0.397 e. The third-order valence-electron chi connectivity index (χ3n) is 3.96. The summed E-state index contributed by atoms with van der Waals surface area (Å²) >= 11 is 1.60. The molecule has 22 heavy (non-hydrogen) atoms. The molecule has 0 saturated carbocycles. The molecule has 0 aliphatic carbocycles. The predicted octanol–water partition coefficient (Wildman–Crippen LogP) is 4.29. The lowest BCUT2D eigenvalue weighted by atomic mass is 10.1. The number of nitrogens with zero attached hydrogens (tertiary/aromatic N) is 2.